The summed E-state index contributed by atoms with van der Waals surface area (Å²) in [6.07, 6.45) is 3.03. The fourth-order valence-corrected chi connectivity index (χ4v) is 2.31. The molecule has 0 unspecified atom stereocenters. The Morgan fingerprint density at radius 1 is 1.35 bits per heavy atom. The van der Waals surface area contributed by atoms with Crippen LogP contribution in [0.25, 0.3) is 0 Å². The van der Waals surface area contributed by atoms with E-state index in [4.69, 9.17) is 4.74 Å². The van der Waals surface area contributed by atoms with E-state index < -0.39 is 0 Å². The lowest BCUT2D eigenvalue weighted by molar-refractivity contribution is -0.146. The smallest absolute Gasteiger partial charge is 0.323 e. The minimum Gasteiger partial charge on any atom is -0.465 e. The summed E-state index contributed by atoms with van der Waals surface area (Å²) < 4.78 is 5.06. The normalized spacial score (nSPS) is 24.3. The number of nitrogens with one attached hydrogen (secondary N) is 1. The Bertz CT molecular complexity index is 364. The highest BCUT2D eigenvalue weighted by atomic mass is 16.5. The number of benzene rings is 1. The van der Waals surface area contributed by atoms with Gasteiger partial charge in [-0.05, 0) is 31.7 Å². The first kappa shape index (κ1) is 12.1. The molecule has 92 valence electrons. The minimum atomic E-state index is -0.145. The molecule has 3 nitrogen and oxygen atoms in total. The van der Waals surface area contributed by atoms with Gasteiger partial charge >= 0.3 is 5.97 Å². The summed E-state index contributed by atoms with van der Waals surface area (Å²) >= 11 is 0. The molecule has 0 aromatic heterocycles. The van der Waals surface area contributed by atoms with E-state index in [0.717, 1.165) is 19.3 Å². The number of hydrogen-bond donors (Lipinski definition) is 1. The zero-order chi connectivity index (χ0) is 12.1. The van der Waals surface area contributed by atoms with Gasteiger partial charge in [-0.2, -0.15) is 0 Å². The standard InChI is InChI=1S/C14H19NO2/c1-2-17-14(16)13-10-6-9-12(15-13)11-7-4-3-5-8-11/h3-5,7-8,12-13,15H,2,6,9-10H2,1H3/t12-,13-/m1/s1. The van der Waals surface area contributed by atoms with Gasteiger partial charge in [0.1, 0.15) is 6.04 Å². The maximum absolute atomic E-state index is 11.7. The summed E-state index contributed by atoms with van der Waals surface area (Å²) in [5, 5.41) is 3.38. The minimum absolute atomic E-state index is 0.117. The Labute approximate surface area is 102 Å². The Hall–Kier alpha value is -1.35. The first-order chi connectivity index (χ1) is 8.31. The van der Waals surface area contributed by atoms with Gasteiger partial charge in [0.2, 0.25) is 0 Å². The maximum atomic E-state index is 11.7. The fourth-order valence-electron chi connectivity index (χ4n) is 2.31. The van der Waals surface area contributed by atoms with Gasteiger partial charge in [-0.15, -0.1) is 0 Å². The van der Waals surface area contributed by atoms with E-state index in [1.165, 1.54) is 5.56 Å². The van der Waals surface area contributed by atoms with Gasteiger partial charge in [0, 0.05) is 6.04 Å². The molecular formula is C14H19NO2. The average Bonchev–Trinajstić information content (AvgIpc) is 2.40. The van der Waals surface area contributed by atoms with E-state index in [0.29, 0.717) is 6.61 Å². The molecule has 3 heteroatoms. The number of ether oxygens (including phenoxy) is 1. The molecule has 1 saturated heterocycles. The van der Waals surface area contributed by atoms with Crippen molar-refractivity contribution < 1.29 is 9.53 Å². The van der Waals surface area contributed by atoms with Gasteiger partial charge in [0.05, 0.1) is 6.61 Å². The van der Waals surface area contributed by atoms with Crippen LogP contribution >= 0.6 is 0 Å². The monoisotopic (exact) mass is 233 g/mol. The SMILES string of the molecule is CCOC(=O)[C@H]1CCC[C@H](c2ccccc2)N1. The zero-order valence-corrected chi connectivity index (χ0v) is 10.2. The van der Waals surface area contributed by atoms with Crippen molar-refractivity contribution in [2.24, 2.45) is 0 Å². The van der Waals surface area contributed by atoms with Gasteiger partial charge in [-0.1, -0.05) is 30.3 Å². The summed E-state index contributed by atoms with van der Waals surface area (Å²) in [7, 11) is 0. The molecule has 1 aromatic rings. The van der Waals surface area contributed by atoms with E-state index >= 15 is 0 Å². The van der Waals surface area contributed by atoms with Crippen LogP contribution < -0.4 is 5.32 Å². The fraction of sp³-hybridized carbons (Fsp3) is 0.500. The van der Waals surface area contributed by atoms with Crippen molar-refractivity contribution in [3.8, 4) is 0 Å². The van der Waals surface area contributed by atoms with Gasteiger partial charge in [0.15, 0.2) is 0 Å². The number of hydrogen-bond acceptors (Lipinski definition) is 3. The van der Waals surface area contributed by atoms with Crippen LogP contribution in [0.2, 0.25) is 0 Å². The molecule has 1 aromatic carbocycles. The van der Waals surface area contributed by atoms with Crippen molar-refractivity contribution in [1.82, 2.24) is 5.32 Å². The predicted octanol–water partition coefficient (Wildman–Crippen LogP) is 2.43. The lowest BCUT2D eigenvalue weighted by atomic mass is 9.93. The highest BCUT2D eigenvalue weighted by Gasteiger charge is 2.27. The Balaban J connectivity index is 2.00. The molecule has 0 spiro atoms. The molecule has 1 aliphatic heterocycles. The van der Waals surface area contributed by atoms with Crippen molar-refractivity contribution in [2.45, 2.75) is 38.3 Å². The second-order valence-electron chi connectivity index (χ2n) is 4.37. The zero-order valence-electron chi connectivity index (χ0n) is 10.2. The van der Waals surface area contributed by atoms with Crippen molar-refractivity contribution in [3.05, 3.63) is 35.9 Å². The van der Waals surface area contributed by atoms with Crippen LogP contribution in [0.3, 0.4) is 0 Å². The summed E-state index contributed by atoms with van der Waals surface area (Å²) in [6, 6.07) is 10.4. The van der Waals surface area contributed by atoms with Crippen LogP contribution in [0, 0.1) is 0 Å². The molecule has 1 N–H and O–H groups in total. The second-order valence-corrected chi connectivity index (χ2v) is 4.37. The van der Waals surface area contributed by atoms with E-state index in [-0.39, 0.29) is 18.1 Å². The molecule has 0 bridgehead atoms. The summed E-state index contributed by atoms with van der Waals surface area (Å²) in [5.41, 5.74) is 1.25. The molecule has 1 fully saturated rings. The third-order valence-electron chi connectivity index (χ3n) is 3.16. The Morgan fingerprint density at radius 3 is 2.82 bits per heavy atom. The van der Waals surface area contributed by atoms with E-state index in [2.05, 4.69) is 17.4 Å². The van der Waals surface area contributed by atoms with Crippen molar-refractivity contribution >= 4 is 5.97 Å². The third kappa shape index (κ3) is 3.07. The van der Waals surface area contributed by atoms with Crippen molar-refractivity contribution in [2.75, 3.05) is 6.61 Å². The quantitative estimate of drug-likeness (QED) is 0.815. The number of rotatable bonds is 3. The second kappa shape index (κ2) is 5.82. The van der Waals surface area contributed by atoms with E-state index in [9.17, 15) is 4.79 Å². The molecule has 0 saturated carbocycles. The molecule has 17 heavy (non-hydrogen) atoms. The lowest BCUT2D eigenvalue weighted by Gasteiger charge is -2.29. The molecule has 0 aliphatic carbocycles. The molecule has 1 heterocycles. The lowest BCUT2D eigenvalue weighted by Crippen LogP contribution is -2.43. The first-order valence-electron chi connectivity index (χ1n) is 6.29. The third-order valence-corrected chi connectivity index (χ3v) is 3.16. The number of esters is 1. The van der Waals surface area contributed by atoms with E-state index in [1.807, 2.05) is 25.1 Å². The number of piperidine rings is 1. The van der Waals surface area contributed by atoms with Gasteiger partial charge in [-0.25, -0.2) is 0 Å². The molecule has 0 amide bonds. The van der Waals surface area contributed by atoms with Crippen LogP contribution in [0.15, 0.2) is 30.3 Å². The van der Waals surface area contributed by atoms with Crippen LogP contribution in [-0.2, 0) is 9.53 Å². The summed E-state index contributed by atoms with van der Waals surface area (Å²) in [5.74, 6) is -0.117. The van der Waals surface area contributed by atoms with Crippen LogP contribution in [0.1, 0.15) is 37.8 Å². The topological polar surface area (TPSA) is 38.3 Å². The number of carbonyl (C=O) groups is 1. The molecular weight excluding hydrogens is 214 g/mol. The maximum Gasteiger partial charge on any atom is 0.323 e. The molecule has 1 aliphatic rings. The van der Waals surface area contributed by atoms with Gasteiger partial charge in [0.25, 0.3) is 0 Å². The molecule has 2 rings (SSSR count). The van der Waals surface area contributed by atoms with Crippen LogP contribution in [-0.4, -0.2) is 18.6 Å². The van der Waals surface area contributed by atoms with Gasteiger partial charge in [-0.3, -0.25) is 10.1 Å². The molecule has 2 atom stereocenters. The Kier molecular flexibility index (Phi) is 4.15. The summed E-state index contributed by atoms with van der Waals surface area (Å²) in [4.78, 5) is 11.7. The van der Waals surface area contributed by atoms with Crippen molar-refractivity contribution in [1.29, 1.82) is 0 Å². The highest BCUT2D eigenvalue weighted by molar-refractivity contribution is 5.75. The van der Waals surface area contributed by atoms with E-state index in [1.54, 1.807) is 0 Å². The number of carbonyl (C=O) groups excluding carboxylic acids is 1. The summed E-state index contributed by atoms with van der Waals surface area (Å²) in [6.45, 7) is 2.29. The first-order valence-corrected chi connectivity index (χ1v) is 6.29. The predicted molar refractivity (Wildman–Crippen MR) is 66.6 cm³/mol. The largest absolute Gasteiger partial charge is 0.465 e. The Morgan fingerprint density at radius 2 is 2.12 bits per heavy atom. The van der Waals surface area contributed by atoms with Gasteiger partial charge < -0.3 is 4.74 Å². The van der Waals surface area contributed by atoms with Crippen molar-refractivity contribution in [3.63, 3.8) is 0 Å². The highest BCUT2D eigenvalue weighted by Crippen LogP contribution is 2.25. The molecule has 0 radical (unpaired) electrons. The van der Waals surface area contributed by atoms with Crippen LogP contribution in [0.4, 0.5) is 0 Å². The van der Waals surface area contributed by atoms with Crippen LogP contribution in [0.5, 0.6) is 0 Å². The average molecular weight is 233 g/mol.